The second kappa shape index (κ2) is 9.07. The van der Waals surface area contributed by atoms with E-state index < -0.39 is 0 Å². The average Bonchev–Trinajstić information content (AvgIpc) is 3.02. The Hall–Kier alpha value is -2.30. The van der Waals surface area contributed by atoms with Crippen LogP contribution < -0.4 is 5.32 Å². The van der Waals surface area contributed by atoms with Gasteiger partial charge in [-0.2, -0.15) is 0 Å². The minimum Gasteiger partial charge on any atom is -0.350 e. The molecule has 0 aliphatic rings. The number of hydrogen-bond acceptors (Lipinski definition) is 2. The molecule has 0 saturated heterocycles. The van der Waals surface area contributed by atoms with E-state index in [0.29, 0.717) is 39.8 Å². The summed E-state index contributed by atoms with van der Waals surface area (Å²) in [6.45, 7) is 0. The van der Waals surface area contributed by atoms with Gasteiger partial charge in [0, 0.05) is 33.8 Å². The standard InChI is InChI=1S/C21H20Cl2N2O2/c22-12-6-2-5-9-18(26)25-19-16-11-10-15(23)13-17(16)24-20(19)21(27)14-7-3-1-4-8-14/h1,3-4,7-8,10-11,13,24H,2,5-6,9,12H2,(H,25,26). The first-order valence-electron chi connectivity index (χ1n) is 8.87. The predicted octanol–water partition coefficient (Wildman–Crippen LogP) is 5.79. The fraction of sp³-hybridized carbons (Fsp3) is 0.238. The normalized spacial score (nSPS) is 10.9. The number of ketones is 1. The summed E-state index contributed by atoms with van der Waals surface area (Å²) in [5.41, 5.74) is 2.11. The molecule has 140 valence electrons. The van der Waals surface area contributed by atoms with Crippen molar-refractivity contribution in [3.05, 3.63) is 64.8 Å². The van der Waals surface area contributed by atoms with Crippen LogP contribution in [-0.4, -0.2) is 22.6 Å². The first-order valence-corrected chi connectivity index (χ1v) is 9.78. The third kappa shape index (κ3) is 4.71. The number of carbonyl (C=O) groups excluding carboxylic acids is 2. The molecule has 4 nitrogen and oxygen atoms in total. The van der Waals surface area contributed by atoms with Gasteiger partial charge < -0.3 is 10.3 Å². The second-order valence-electron chi connectivity index (χ2n) is 6.31. The van der Waals surface area contributed by atoms with E-state index in [2.05, 4.69) is 10.3 Å². The Morgan fingerprint density at radius 3 is 2.52 bits per heavy atom. The number of rotatable bonds is 8. The molecule has 27 heavy (non-hydrogen) atoms. The van der Waals surface area contributed by atoms with Crippen LogP contribution in [0.2, 0.25) is 5.02 Å². The van der Waals surface area contributed by atoms with Crippen LogP contribution in [0.3, 0.4) is 0 Å². The highest BCUT2D eigenvalue weighted by Gasteiger charge is 2.20. The number of carbonyl (C=O) groups is 2. The predicted molar refractivity (Wildman–Crippen MR) is 111 cm³/mol. The smallest absolute Gasteiger partial charge is 0.224 e. The minimum atomic E-state index is -0.180. The Labute approximate surface area is 167 Å². The molecule has 2 N–H and O–H groups in total. The Kier molecular flexibility index (Phi) is 6.54. The van der Waals surface area contributed by atoms with Crippen LogP contribution in [0.4, 0.5) is 5.69 Å². The van der Waals surface area contributed by atoms with Crippen LogP contribution in [0.25, 0.3) is 10.9 Å². The summed E-state index contributed by atoms with van der Waals surface area (Å²) in [5, 5.41) is 4.23. The fourth-order valence-corrected chi connectivity index (χ4v) is 3.32. The monoisotopic (exact) mass is 402 g/mol. The molecule has 0 bridgehead atoms. The number of nitrogens with one attached hydrogen (secondary N) is 2. The highest BCUT2D eigenvalue weighted by molar-refractivity contribution is 6.31. The van der Waals surface area contributed by atoms with Gasteiger partial charge in [0.1, 0.15) is 5.69 Å². The van der Waals surface area contributed by atoms with Crippen molar-refractivity contribution in [2.45, 2.75) is 25.7 Å². The molecule has 0 unspecified atom stereocenters. The number of unbranched alkanes of at least 4 members (excludes halogenated alkanes) is 2. The maximum atomic E-state index is 13.0. The van der Waals surface area contributed by atoms with Gasteiger partial charge >= 0.3 is 0 Å². The first kappa shape index (κ1) is 19.5. The van der Waals surface area contributed by atoms with Gasteiger partial charge in [-0.3, -0.25) is 9.59 Å². The van der Waals surface area contributed by atoms with E-state index >= 15 is 0 Å². The molecule has 3 rings (SSSR count). The zero-order valence-electron chi connectivity index (χ0n) is 14.7. The van der Waals surface area contributed by atoms with Gasteiger partial charge in [0.25, 0.3) is 0 Å². The average molecular weight is 403 g/mol. The first-order chi connectivity index (χ1) is 13.1. The molecule has 0 atom stereocenters. The number of hydrogen-bond donors (Lipinski definition) is 2. The van der Waals surface area contributed by atoms with Crippen LogP contribution in [-0.2, 0) is 4.79 Å². The van der Waals surface area contributed by atoms with Gasteiger partial charge in [0.2, 0.25) is 11.7 Å². The number of alkyl halides is 1. The molecule has 0 aliphatic carbocycles. The number of aromatic nitrogens is 1. The Morgan fingerprint density at radius 1 is 1.00 bits per heavy atom. The maximum absolute atomic E-state index is 13.0. The minimum absolute atomic E-state index is 0.123. The topological polar surface area (TPSA) is 62.0 Å². The molecule has 1 amide bonds. The van der Waals surface area contributed by atoms with Gasteiger partial charge in [-0.1, -0.05) is 48.4 Å². The molecule has 0 aliphatic heterocycles. The van der Waals surface area contributed by atoms with Crippen LogP contribution in [0.15, 0.2) is 48.5 Å². The molecule has 0 fully saturated rings. The number of fused-ring (bicyclic) bond motifs is 1. The van der Waals surface area contributed by atoms with Crippen LogP contribution in [0, 0.1) is 0 Å². The molecule has 2 aromatic carbocycles. The van der Waals surface area contributed by atoms with E-state index in [1.54, 1.807) is 30.3 Å². The quantitative estimate of drug-likeness (QED) is 0.284. The molecule has 0 spiro atoms. The maximum Gasteiger partial charge on any atom is 0.224 e. The summed E-state index contributed by atoms with van der Waals surface area (Å²) in [5.74, 6) is 0.295. The van der Waals surface area contributed by atoms with Crippen molar-refractivity contribution in [2.24, 2.45) is 0 Å². The number of aromatic amines is 1. The van der Waals surface area contributed by atoms with Gasteiger partial charge in [-0.05, 0) is 31.0 Å². The van der Waals surface area contributed by atoms with Crippen LogP contribution in [0.1, 0.15) is 41.7 Å². The molecular formula is C21H20Cl2N2O2. The van der Waals surface area contributed by atoms with E-state index in [-0.39, 0.29) is 11.7 Å². The summed E-state index contributed by atoms with van der Waals surface area (Å²) in [4.78, 5) is 28.5. The Morgan fingerprint density at radius 2 is 1.78 bits per heavy atom. The summed E-state index contributed by atoms with van der Waals surface area (Å²) in [7, 11) is 0. The van der Waals surface area contributed by atoms with Crippen molar-refractivity contribution in [2.75, 3.05) is 11.2 Å². The molecule has 1 aromatic heterocycles. The number of H-pyrrole nitrogens is 1. The molecule has 3 aromatic rings. The summed E-state index contributed by atoms with van der Waals surface area (Å²) >= 11 is 11.7. The highest BCUT2D eigenvalue weighted by atomic mass is 35.5. The van der Waals surface area contributed by atoms with E-state index in [1.165, 1.54) is 0 Å². The molecule has 1 heterocycles. The molecule has 6 heteroatoms. The lowest BCUT2D eigenvalue weighted by molar-refractivity contribution is -0.116. The Bertz CT molecular complexity index is 951. The van der Waals surface area contributed by atoms with Gasteiger partial charge in [0.05, 0.1) is 5.69 Å². The van der Waals surface area contributed by atoms with Gasteiger partial charge in [-0.25, -0.2) is 0 Å². The van der Waals surface area contributed by atoms with E-state index in [9.17, 15) is 9.59 Å². The zero-order chi connectivity index (χ0) is 19.2. The fourth-order valence-electron chi connectivity index (χ4n) is 2.96. The lowest BCUT2D eigenvalue weighted by atomic mass is 10.1. The third-order valence-corrected chi connectivity index (χ3v) is 4.83. The van der Waals surface area contributed by atoms with Crippen molar-refractivity contribution in [1.29, 1.82) is 0 Å². The highest BCUT2D eigenvalue weighted by Crippen LogP contribution is 2.31. The van der Waals surface area contributed by atoms with E-state index in [4.69, 9.17) is 23.2 Å². The molecule has 0 radical (unpaired) electrons. The SMILES string of the molecule is O=C(CCCCCCl)Nc1c(C(=O)c2ccccc2)[nH]c2cc(Cl)ccc12. The van der Waals surface area contributed by atoms with E-state index in [1.807, 2.05) is 18.2 Å². The largest absolute Gasteiger partial charge is 0.350 e. The van der Waals surface area contributed by atoms with Crippen LogP contribution in [0.5, 0.6) is 0 Å². The lowest BCUT2D eigenvalue weighted by Gasteiger charge is -2.07. The van der Waals surface area contributed by atoms with Crippen molar-refractivity contribution >= 4 is 51.5 Å². The van der Waals surface area contributed by atoms with Crippen molar-refractivity contribution in [3.8, 4) is 0 Å². The molecule has 0 saturated carbocycles. The number of benzene rings is 2. The van der Waals surface area contributed by atoms with E-state index in [0.717, 1.165) is 24.6 Å². The summed E-state index contributed by atoms with van der Waals surface area (Å²) in [6, 6.07) is 14.3. The number of halogens is 2. The van der Waals surface area contributed by atoms with Crippen LogP contribution >= 0.6 is 23.2 Å². The van der Waals surface area contributed by atoms with Gasteiger partial charge in [0.15, 0.2) is 0 Å². The lowest BCUT2D eigenvalue weighted by Crippen LogP contribution is -2.14. The van der Waals surface area contributed by atoms with Crippen molar-refractivity contribution in [3.63, 3.8) is 0 Å². The molecular weight excluding hydrogens is 383 g/mol. The zero-order valence-corrected chi connectivity index (χ0v) is 16.2. The third-order valence-electron chi connectivity index (χ3n) is 4.33. The Balaban J connectivity index is 1.92. The van der Waals surface area contributed by atoms with Crippen molar-refractivity contribution in [1.82, 2.24) is 4.98 Å². The van der Waals surface area contributed by atoms with Crippen molar-refractivity contribution < 1.29 is 9.59 Å². The number of anilines is 1. The second-order valence-corrected chi connectivity index (χ2v) is 7.12. The van der Waals surface area contributed by atoms with Gasteiger partial charge in [-0.15, -0.1) is 11.6 Å². The summed E-state index contributed by atoms with van der Waals surface area (Å²) in [6.07, 6.45) is 2.93. The summed E-state index contributed by atoms with van der Waals surface area (Å²) < 4.78 is 0. The number of amides is 1.